The van der Waals surface area contributed by atoms with Gasteiger partial charge in [0.05, 0.1) is 26.4 Å². The molecule has 1 aliphatic heterocycles. The Morgan fingerprint density at radius 3 is 2.33 bits per heavy atom. The van der Waals surface area contributed by atoms with Crippen molar-refractivity contribution in [2.24, 2.45) is 0 Å². The minimum atomic E-state index is -1.42. The van der Waals surface area contributed by atoms with Gasteiger partial charge in [0, 0.05) is 5.75 Å². The van der Waals surface area contributed by atoms with Crippen molar-refractivity contribution in [3.63, 3.8) is 0 Å². The summed E-state index contributed by atoms with van der Waals surface area (Å²) in [6.45, 7) is 0.480. The van der Waals surface area contributed by atoms with Gasteiger partial charge in [-0.3, -0.25) is 0 Å². The van der Waals surface area contributed by atoms with Crippen LogP contribution in [-0.4, -0.2) is 83.3 Å². The molecule has 5 atom stereocenters. The van der Waals surface area contributed by atoms with Crippen molar-refractivity contribution in [3.8, 4) is 0 Å². The van der Waals surface area contributed by atoms with Crippen LogP contribution in [0.3, 0.4) is 0 Å². The van der Waals surface area contributed by atoms with E-state index >= 15 is 0 Å². The largest absolute Gasteiger partial charge is 0.394 e. The minimum absolute atomic E-state index is 0.163. The van der Waals surface area contributed by atoms with E-state index in [1.165, 1.54) is 0 Å². The molecule has 0 saturated carbocycles. The van der Waals surface area contributed by atoms with Crippen LogP contribution in [0.25, 0.3) is 0 Å². The lowest BCUT2D eigenvalue weighted by molar-refractivity contribution is -0.302. The lowest BCUT2D eigenvalue weighted by atomic mass is 9.99. The van der Waals surface area contributed by atoms with Crippen LogP contribution in [0.4, 0.5) is 0 Å². The molecule has 0 amide bonds. The van der Waals surface area contributed by atoms with Gasteiger partial charge in [-0.1, -0.05) is 0 Å². The van der Waals surface area contributed by atoms with Crippen molar-refractivity contribution < 1.29 is 34.6 Å². The van der Waals surface area contributed by atoms with Gasteiger partial charge in [-0.15, -0.1) is 0 Å². The van der Waals surface area contributed by atoms with Gasteiger partial charge in [-0.05, 0) is 0 Å². The quantitative estimate of drug-likeness (QED) is 0.265. The molecule has 0 radical (unpaired) electrons. The van der Waals surface area contributed by atoms with Crippen molar-refractivity contribution in [2.45, 2.75) is 30.7 Å². The number of thiol groups is 1. The number of hydrogen-bond donors (Lipinski definition) is 5. The maximum atomic E-state index is 9.63. The van der Waals surface area contributed by atoms with Crippen molar-refractivity contribution in [3.05, 3.63) is 0 Å². The Morgan fingerprint density at radius 2 is 1.72 bits per heavy atom. The highest BCUT2D eigenvalue weighted by Crippen LogP contribution is 2.21. The van der Waals surface area contributed by atoms with Gasteiger partial charge >= 0.3 is 0 Å². The molecule has 1 rings (SSSR count). The summed E-state index contributed by atoms with van der Waals surface area (Å²) in [7, 11) is 0. The molecule has 0 aliphatic carbocycles. The number of aliphatic hydroxyl groups excluding tert-OH is 4. The number of ether oxygens (including phenoxy) is 3. The maximum Gasteiger partial charge on any atom is 0.186 e. The third-order valence-electron chi connectivity index (χ3n) is 2.59. The fraction of sp³-hybridized carbons (Fsp3) is 1.00. The SMILES string of the molecule is OC[C@H]1O[C@H](OCCOCCS)[C@@H](O)[C@@H](O)[C@@H]1O. The van der Waals surface area contributed by atoms with E-state index in [2.05, 4.69) is 12.6 Å². The summed E-state index contributed by atoms with van der Waals surface area (Å²) in [6, 6.07) is 0. The lowest BCUT2D eigenvalue weighted by Gasteiger charge is -2.39. The van der Waals surface area contributed by atoms with E-state index in [0.29, 0.717) is 19.0 Å². The molecule has 0 aromatic rings. The summed E-state index contributed by atoms with van der Waals surface area (Å²) in [5.41, 5.74) is 0. The number of hydrogen-bond acceptors (Lipinski definition) is 8. The first kappa shape index (κ1) is 16.1. The van der Waals surface area contributed by atoms with Crippen LogP contribution in [0, 0.1) is 0 Å². The van der Waals surface area contributed by atoms with Gasteiger partial charge in [-0.2, -0.15) is 12.6 Å². The Balaban J connectivity index is 2.35. The van der Waals surface area contributed by atoms with Gasteiger partial charge in [-0.25, -0.2) is 0 Å². The van der Waals surface area contributed by atoms with Gasteiger partial charge in [0.25, 0.3) is 0 Å². The molecule has 0 aromatic carbocycles. The zero-order chi connectivity index (χ0) is 13.5. The van der Waals surface area contributed by atoms with Gasteiger partial charge in [0.2, 0.25) is 0 Å². The molecule has 8 heteroatoms. The van der Waals surface area contributed by atoms with Gasteiger partial charge < -0.3 is 34.6 Å². The average Bonchev–Trinajstić information content (AvgIpc) is 2.38. The fourth-order valence-electron chi connectivity index (χ4n) is 1.59. The summed E-state index contributed by atoms with van der Waals surface area (Å²) in [5.74, 6) is 0.597. The second kappa shape index (κ2) is 8.28. The average molecular weight is 284 g/mol. The minimum Gasteiger partial charge on any atom is -0.394 e. The van der Waals surface area contributed by atoms with Gasteiger partial charge in [0.1, 0.15) is 24.4 Å². The fourth-order valence-corrected chi connectivity index (χ4v) is 1.72. The maximum absolute atomic E-state index is 9.63. The van der Waals surface area contributed by atoms with Crippen LogP contribution in [0.15, 0.2) is 0 Å². The van der Waals surface area contributed by atoms with Crippen LogP contribution in [0.5, 0.6) is 0 Å². The molecule has 4 N–H and O–H groups in total. The number of aliphatic hydroxyl groups is 4. The molecule has 1 saturated heterocycles. The topological polar surface area (TPSA) is 109 Å². The van der Waals surface area contributed by atoms with Crippen LogP contribution < -0.4 is 0 Å². The molecular weight excluding hydrogens is 264 g/mol. The van der Waals surface area contributed by atoms with Crippen LogP contribution in [-0.2, 0) is 14.2 Å². The van der Waals surface area contributed by atoms with E-state index in [4.69, 9.17) is 19.3 Å². The van der Waals surface area contributed by atoms with Crippen molar-refractivity contribution in [1.82, 2.24) is 0 Å². The van der Waals surface area contributed by atoms with E-state index in [1.807, 2.05) is 0 Å². The first-order valence-corrected chi connectivity index (χ1v) is 6.35. The van der Waals surface area contributed by atoms with E-state index in [9.17, 15) is 15.3 Å². The van der Waals surface area contributed by atoms with Crippen LogP contribution in [0.2, 0.25) is 0 Å². The highest BCUT2D eigenvalue weighted by molar-refractivity contribution is 7.80. The Bertz CT molecular complexity index is 228. The molecule has 0 bridgehead atoms. The third-order valence-corrected chi connectivity index (χ3v) is 2.78. The first-order chi connectivity index (χ1) is 8.61. The van der Waals surface area contributed by atoms with Gasteiger partial charge in [0.15, 0.2) is 6.29 Å². The predicted octanol–water partition coefficient (Wildman–Crippen LogP) is -2.25. The molecule has 0 spiro atoms. The third kappa shape index (κ3) is 4.32. The smallest absolute Gasteiger partial charge is 0.186 e. The normalized spacial score (nSPS) is 36.8. The standard InChI is InChI=1S/C10H20O7S/c11-5-6-7(12)8(13)9(14)10(17-6)16-2-1-15-3-4-18/h6-14,18H,1-5H2/t6-,7-,8+,9+,10+/m1/s1. The summed E-state index contributed by atoms with van der Waals surface area (Å²) in [6.07, 6.45) is -6.20. The second-order valence-electron chi connectivity index (χ2n) is 3.90. The lowest BCUT2D eigenvalue weighted by Crippen LogP contribution is -2.59. The zero-order valence-electron chi connectivity index (χ0n) is 9.88. The highest BCUT2D eigenvalue weighted by Gasteiger charge is 2.43. The monoisotopic (exact) mass is 284 g/mol. The summed E-state index contributed by atoms with van der Waals surface area (Å²) in [4.78, 5) is 0. The van der Waals surface area contributed by atoms with E-state index in [-0.39, 0.29) is 6.61 Å². The summed E-state index contributed by atoms with van der Waals surface area (Å²) < 4.78 is 15.4. The molecule has 108 valence electrons. The Hall–Kier alpha value is 0.0700. The Labute approximate surface area is 111 Å². The molecule has 1 fully saturated rings. The van der Waals surface area contributed by atoms with Crippen molar-refractivity contribution in [2.75, 3.05) is 32.2 Å². The molecule has 18 heavy (non-hydrogen) atoms. The molecule has 0 aromatic heterocycles. The van der Waals surface area contributed by atoms with Crippen molar-refractivity contribution in [1.29, 1.82) is 0 Å². The first-order valence-electron chi connectivity index (χ1n) is 5.72. The van der Waals surface area contributed by atoms with Crippen LogP contribution >= 0.6 is 12.6 Å². The molecule has 0 unspecified atom stereocenters. The second-order valence-corrected chi connectivity index (χ2v) is 4.35. The Morgan fingerprint density at radius 1 is 1.00 bits per heavy atom. The predicted molar refractivity (Wildman–Crippen MR) is 64.4 cm³/mol. The van der Waals surface area contributed by atoms with Crippen LogP contribution in [0.1, 0.15) is 0 Å². The van der Waals surface area contributed by atoms with E-state index < -0.39 is 37.3 Å². The zero-order valence-corrected chi connectivity index (χ0v) is 10.8. The summed E-state index contributed by atoms with van der Waals surface area (Å²) in [5, 5.41) is 37.6. The summed E-state index contributed by atoms with van der Waals surface area (Å²) >= 11 is 3.97. The van der Waals surface area contributed by atoms with E-state index in [1.54, 1.807) is 0 Å². The highest BCUT2D eigenvalue weighted by atomic mass is 32.1. The van der Waals surface area contributed by atoms with Crippen molar-refractivity contribution >= 4 is 12.6 Å². The molecular formula is C10H20O7S. The molecule has 1 heterocycles. The Kier molecular flexibility index (Phi) is 7.42. The molecule has 1 aliphatic rings. The number of rotatable bonds is 7. The molecule has 7 nitrogen and oxygen atoms in total. The van der Waals surface area contributed by atoms with E-state index in [0.717, 1.165) is 0 Å².